The number of guanidine groups is 1. The second kappa shape index (κ2) is 8.59. The molecule has 1 aliphatic carbocycles. The van der Waals surface area contributed by atoms with Gasteiger partial charge in [0, 0.05) is 18.1 Å². The van der Waals surface area contributed by atoms with Crippen LogP contribution in [0.3, 0.4) is 0 Å². The third-order valence-electron chi connectivity index (χ3n) is 4.03. The van der Waals surface area contributed by atoms with E-state index < -0.39 is 0 Å². The molecule has 0 spiro atoms. The predicted octanol–water partition coefficient (Wildman–Crippen LogP) is 4.16. The molecule has 23 heavy (non-hydrogen) atoms. The van der Waals surface area contributed by atoms with Crippen LogP contribution in [0.25, 0.3) is 0 Å². The van der Waals surface area contributed by atoms with Crippen molar-refractivity contribution in [1.29, 1.82) is 0 Å². The van der Waals surface area contributed by atoms with Crippen LogP contribution in [0, 0.1) is 0 Å². The molecule has 1 heterocycles. The van der Waals surface area contributed by atoms with Crippen LogP contribution in [0.1, 0.15) is 30.1 Å². The fourth-order valence-corrected chi connectivity index (χ4v) is 2.94. The topological polar surface area (TPSA) is 49.6 Å². The summed E-state index contributed by atoms with van der Waals surface area (Å²) in [6.45, 7) is 0.636. The second-order valence-corrected chi connectivity index (χ2v) is 6.01. The molecule has 2 aromatic rings. The van der Waals surface area contributed by atoms with Crippen LogP contribution in [-0.4, -0.2) is 19.0 Å². The molecular weight excluding hydrogens is 425 g/mol. The van der Waals surface area contributed by atoms with Crippen LogP contribution < -0.4 is 10.6 Å². The molecule has 1 fully saturated rings. The van der Waals surface area contributed by atoms with E-state index in [1.807, 2.05) is 24.3 Å². The average Bonchev–Trinajstić information content (AvgIpc) is 2.98. The highest BCUT2D eigenvalue weighted by molar-refractivity contribution is 14.0. The molecule has 124 valence electrons. The quantitative estimate of drug-likeness (QED) is 0.422. The Hall–Kier alpha value is -1.21. The zero-order chi connectivity index (χ0) is 15.4. The van der Waals surface area contributed by atoms with E-state index in [2.05, 4.69) is 27.8 Å². The number of nitrogens with zero attached hydrogens (tertiary/aromatic N) is 1. The van der Waals surface area contributed by atoms with Crippen molar-refractivity contribution in [2.24, 2.45) is 4.99 Å². The maximum Gasteiger partial charge on any atom is 0.191 e. The summed E-state index contributed by atoms with van der Waals surface area (Å²) in [7, 11) is 1.78. The summed E-state index contributed by atoms with van der Waals surface area (Å²) in [6, 6.07) is 12.4. The van der Waals surface area contributed by atoms with Crippen LogP contribution in [0.15, 0.2) is 52.1 Å². The molecule has 0 aliphatic heterocycles. The Morgan fingerprint density at radius 3 is 2.78 bits per heavy atom. The molecule has 0 atom stereocenters. The van der Waals surface area contributed by atoms with Gasteiger partial charge < -0.3 is 15.1 Å². The molecule has 1 aliphatic rings. The number of hydrogen-bond acceptors (Lipinski definition) is 2. The van der Waals surface area contributed by atoms with Gasteiger partial charge in [-0.1, -0.05) is 23.7 Å². The van der Waals surface area contributed by atoms with E-state index in [1.165, 1.54) is 5.56 Å². The van der Waals surface area contributed by atoms with Gasteiger partial charge in [0.25, 0.3) is 0 Å². The molecule has 4 nitrogen and oxygen atoms in total. The zero-order valence-electron chi connectivity index (χ0n) is 13.0. The molecule has 1 aromatic carbocycles. The number of benzene rings is 1. The molecular formula is C17H21ClIN3O. The fraction of sp³-hybridized carbons (Fsp3) is 0.353. The average molecular weight is 446 g/mol. The Balaban J connectivity index is 0.00000192. The summed E-state index contributed by atoms with van der Waals surface area (Å²) in [5, 5.41) is 7.51. The SMILES string of the molecule is CN=C(NCc1ccco1)NC1CC(c2cccc(Cl)c2)C1.I. The van der Waals surface area contributed by atoms with Gasteiger partial charge in [0.05, 0.1) is 12.8 Å². The molecule has 1 saturated carbocycles. The molecule has 0 unspecified atom stereocenters. The van der Waals surface area contributed by atoms with Crippen molar-refractivity contribution in [2.45, 2.75) is 31.3 Å². The molecule has 0 amide bonds. The van der Waals surface area contributed by atoms with E-state index in [9.17, 15) is 0 Å². The number of hydrogen-bond donors (Lipinski definition) is 2. The van der Waals surface area contributed by atoms with Crippen molar-refractivity contribution in [3.05, 3.63) is 59.0 Å². The van der Waals surface area contributed by atoms with E-state index in [1.54, 1.807) is 13.3 Å². The molecule has 2 N–H and O–H groups in total. The zero-order valence-corrected chi connectivity index (χ0v) is 16.0. The fourth-order valence-electron chi connectivity index (χ4n) is 2.74. The van der Waals surface area contributed by atoms with Gasteiger partial charge in [0.1, 0.15) is 5.76 Å². The number of furan rings is 1. The van der Waals surface area contributed by atoms with Crippen LogP contribution in [0.5, 0.6) is 0 Å². The summed E-state index contributed by atoms with van der Waals surface area (Å²) in [5.41, 5.74) is 1.32. The van der Waals surface area contributed by atoms with Gasteiger partial charge in [0.15, 0.2) is 5.96 Å². The Kier molecular flexibility index (Phi) is 6.77. The van der Waals surface area contributed by atoms with Crippen LogP contribution in [-0.2, 0) is 6.54 Å². The van der Waals surface area contributed by atoms with Crippen molar-refractivity contribution in [2.75, 3.05) is 7.05 Å². The van der Waals surface area contributed by atoms with Gasteiger partial charge in [-0.05, 0) is 48.6 Å². The lowest BCUT2D eigenvalue weighted by atomic mass is 9.76. The Morgan fingerprint density at radius 2 is 2.13 bits per heavy atom. The first kappa shape index (κ1) is 18.1. The third kappa shape index (κ3) is 4.88. The van der Waals surface area contributed by atoms with Crippen molar-refractivity contribution < 1.29 is 4.42 Å². The van der Waals surface area contributed by atoms with E-state index in [0.717, 1.165) is 29.6 Å². The summed E-state index contributed by atoms with van der Waals surface area (Å²) in [6.07, 6.45) is 3.87. The largest absolute Gasteiger partial charge is 0.467 e. The van der Waals surface area contributed by atoms with Gasteiger partial charge in [-0.15, -0.1) is 24.0 Å². The van der Waals surface area contributed by atoms with Crippen molar-refractivity contribution in [3.63, 3.8) is 0 Å². The maximum absolute atomic E-state index is 6.05. The number of nitrogens with one attached hydrogen (secondary N) is 2. The first-order chi connectivity index (χ1) is 10.7. The molecule has 0 radical (unpaired) electrons. The van der Waals surface area contributed by atoms with Crippen LogP contribution in [0.2, 0.25) is 5.02 Å². The lowest BCUT2D eigenvalue weighted by molar-refractivity contribution is 0.321. The number of aliphatic imine (C=N–C) groups is 1. The van der Waals surface area contributed by atoms with E-state index >= 15 is 0 Å². The number of halogens is 2. The Labute approximate surface area is 158 Å². The van der Waals surface area contributed by atoms with Gasteiger partial charge >= 0.3 is 0 Å². The van der Waals surface area contributed by atoms with E-state index in [-0.39, 0.29) is 24.0 Å². The van der Waals surface area contributed by atoms with Crippen LogP contribution >= 0.6 is 35.6 Å². The Morgan fingerprint density at radius 1 is 1.30 bits per heavy atom. The molecule has 0 saturated heterocycles. The van der Waals surface area contributed by atoms with Gasteiger partial charge in [-0.3, -0.25) is 4.99 Å². The van der Waals surface area contributed by atoms with Crippen LogP contribution in [0.4, 0.5) is 0 Å². The minimum absolute atomic E-state index is 0. The summed E-state index contributed by atoms with van der Waals surface area (Å²) < 4.78 is 5.30. The lowest BCUT2D eigenvalue weighted by Gasteiger charge is -2.37. The molecule has 3 rings (SSSR count). The highest BCUT2D eigenvalue weighted by Crippen LogP contribution is 2.37. The first-order valence-electron chi connectivity index (χ1n) is 7.49. The highest BCUT2D eigenvalue weighted by Gasteiger charge is 2.30. The third-order valence-corrected chi connectivity index (χ3v) is 4.27. The summed E-state index contributed by atoms with van der Waals surface area (Å²) in [5.74, 6) is 2.29. The predicted molar refractivity (Wildman–Crippen MR) is 105 cm³/mol. The molecule has 0 bridgehead atoms. The minimum Gasteiger partial charge on any atom is -0.467 e. The van der Waals surface area contributed by atoms with E-state index in [4.69, 9.17) is 16.0 Å². The summed E-state index contributed by atoms with van der Waals surface area (Å²) in [4.78, 5) is 4.25. The van der Waals surface area contributed by atoms with Gasteiger partial charge in [0.2, 0.25) is 0 Å². The second-order valence-electron chi connectivity index (χ2n) is 5.57. The minimum atomic E-state index is 0. The highest BCUT2D eigenvalue weighted by atomic mass is 127. The van der Waals surface area contributed by atoms with Crippen molar-refractivity contribution in [1.82, 2.24) is 10.6 Å². The van der Waals surface area contributed by atoms with Crippen molar-refractivity contribution in [3.8, 4) is 0 Å². The summed E-state index contributed by atoms with van der Waals surface area (Å²) >= 11 is 6.05. The first-order valence-corrected chi connectivity index (χ1v) is 7.87. The smallest absolute Gasteiger partial charge is 0.191 e. The van der Waals surface area contributed by atoms with E-state index in [0.29, 0.717) is 18.5 Å². The molecule has 6 heteroatoms. The Bertz CT molecular complexity index is 639. The van der Waals surface area contributed by atoms with Crippen molar-refractivity contribution >= 4 is 41.5 Å². The maximum atomic E-state index is 6.05. The standard InChI is InChI=1S/C17H20ClN3O.HI/c1-19-17(20-11-16-6-3-7-22-16)21-15-9-13(10-15)12-4-2-5-14(18)8-12;/h2-8,13,15H,9-11H2,1H3,(H2,19,20,21);1H. The normalized spacial score (nSPS) is 20.3. The van der Waals surface area contributed by atoms with Gasteiger partial charge in [-0.2, -0.15) is 0 Å². The monoisotopic (exact) mass is 445 g/mol. The lowest BCUT2D eigenvalue weighted by Crippen LogP contribution is -2.48. The number of rotatable bonds is 4. The molecule has 1 aromatic heterocycles. The van der Waals surface area contributed by atoms with Gasteiger partial charge in [-0.25, -0.2) is 0 Å².